The summed E-state index contributed by atoms with van der Waals surface area (Å²) in [5.41, 5.74) is 4.61. The zero-order valence-corrected chi connectivity index (χ0v) is 15.1. The highest BCUT2D eigenvalue weighted by Gasteiger charge is 2.30. The number of rotatable bonds is 5. The summed E-state index contributed by atoms with van der Waals surface area (Å²) < 4.78 is 0. The molecule has 0 saturated carbocycles. The van der Waals surface area contributed by atoms with Gasteiger partial charge in [-0.2, -0.15) is 0 Å². The second-order valence-corrected chi connectivity index (χ2v) is 11.9. The van der Waals surface area contributed by atoms with E-state index >= 15 is 0 Å². The third-order valence-electron chi connectivity index (χ3n) is 3.94. The van der Waals surface area contributed by atoms with Crippen LogP contribution < -0.4 is 0 Å². The third-order valence-corrected chi connectivity index (χ3v) is 4.87. The van der Waals surface area contributed by atoms with Gasteiger partial charge in [0.05, 0.1) is 0 Å². The lowest BCUT2D eigenvalue weighted by molar-refractivity contribution is -0.131. The first-order valence-corrected chi connectivity index (χ1v) is 11.8. The predicted molar refractivity (Wildman–Crippen MR) is 94.9 cm³/mol. The first-order chi connectivity index (χ1) is 10.5. The smallest absolute Gasteiger partial charge is 0.226 e. The molecule has 0 aliphatic carbocycles. The van der Waals surface area contributed by atoms with Gasteiger partial charge in [0.15, 0.2) is 0 Å². The van der Waals surface area contributed by atoms with Crippen LogP contribution in [0.2, 0.25) is 19.6 Å². The molecule has 1 atom stereocenters. The Kier molecular flexibility index (Phi) is 5.85. The van der Waals surface area contributed by atoms with Crippen LogP contribution >= 0.6 is 0 Å². The van der Waals surface area contributed by atoms with Crippen LogP contribution in [0.4, 0.5) is 0 Å². The van der Waals surface area contributed by atoms with Crippen LogP contribution in [0.25, 0.3) is 0 Å². The average Bonchev–Trinajstić information content (AvgIpc) is 2.80. The zero-order valence-electron chi connectivity index (χ0n) is 14.1. The number of unbranched alkanes of at least 4 members (excludes halogenated alkanes) is 1. The maximum absolute atomic E-state index is 12.4. The van der Waals surface area contributed by atoms with Gasteiger partial charge in [-0.05, 0) is 24.8 Å². The van der Waals surface area contributed by atoms with Crippen LogP contribution in [-0.2, 0) is 11.3 Å². The van der Waals surface area contributed by atoms with Gasteiger partial charge in [0.1, 0.15) is 8.07 Å². The molecule has 1 heterocycles. The summed E-state index contributed by atoms with van der Waals surface area (Å²) in [7, 11) is -1.24. The number of carbonyl (C=O) groups excluding carboxylic acids is 1. The minimum Gasteiger partial charge on any atom is -0.338 e. The van der Waals surface area contributed by atoms with E-state index in [0.717, 1.165) is 38.8 Å². The molecule has 1 saturated heterocycles. The first-order valence-electron chi connectivity index (χ1n) is 8.28. The van der Waals surface area contributed by atoms with Gasteiger partial charge in [0.25, 0.3) is 0 Å². The predicted octanol–water partition coefficient (Wildman–Crippen LogP) is 4.09. The van der Waals surface area contributed by atoms with Crippen molar-refractivity contribution in [1.29, 1.82) is 0 Å². The summed E-state index contributed by atoms with van der Waals surface area (Å²) in [6.45, 7) is 8.45. The molecule has 1 aromatic carbocycles. The van der Waals surface area contributed by atoms with Gasteiger partial charge in [-0.3, -0.25) is 4.79 Å². The fraction of sp³-hybridized carbons (Fsp3) is 0.526. The van der Waals surface area contributed by atoms with Crippen molar-refractivity contribution in [2.75, 3.05) is 6.54 Å². The molecule has 1 amide bonds. The lowest BCUT2D eigenvalue weighted by Crippen LogP contribution is -2.26. The average molecular weight is 314 g/mol. The van der Waals surface area contributed by atoms with E-state index in [1.807, 2.05) is 23.1 Å². The lowest BCUT2D eigenvalue weighted by Gasteiger charge is -2.16. The normalized spacial score (nSPS) is 18.2. The Morgan fingerprint density at radius 3 is 2.64 bits per heavy atom. The molecule has 1 unspecified atom stereocenters. The highest BCUT2D eigenvalue weighted by Crippen LogP contribution is 2.24. The van der Waals surface area contributed by atoms with E-state index in [1.165, 1.54) is 5.56 Å². The quantitative estimate of drug-likeness (QED) is 0.455. The highest BCUT2D eigenvalue weighted by molar-refractivity contribution is 6.83. The van der Waals surface area contributed by atoms with Gasteiger partial charge in [0.2, 0.25) is 5.91 Å². The molecule has 2 nitrogen and oxygen atoms in total. The largest absolute Gasteiger partial charge is 0.338 e. The van der Waals surface area contributed by atoms with E-state index in [4.69, 9.17) is 0 Å². The first kappa shape index (κ1) is 16.8. The van der Waals surface area contributed by atoms with Crippen molar-refractivity contribution in [1.82, 2.24) is 4.90 Å². The number of benzene rings is 1. The topological polar surface area (TPSA) is 20.3 Å². The van der Waals surface area contributed by atoms with Gasteiger partial charge in [-0.25, -0.2) is 0 Å². The second-order valence-electron chi connectivity index (χ2n) is 7.17. The van der Waals surface area contributed by atoms with E-state index in [2.05, 4.69) is 43.2 Å². The van der Waals surface area contributed by atoms with E-state index in [9.17, 15) is 4.79 Å². The number of hydrogen-bond donors (Lipinski definition) is 0. The minimum atomic E-state index is -1.24. The Labute approximate surface area is 135 Å². The monoisotopic (exact) mass is 313 g/mol. The molecule has 1 fully saturated rings. The van der Waals surface area contributed by atoms with Crippen molar-refractivity contribution in [2.45, 2.75) is 51.9 Å². The van der Waals surface area contributed by atoms with Crippen LogP contribution in [-0.4, -0.2) is 25.4 Å². The third kappa shape index (κ3) is 5.34. The van der Waals surface area contributed by atoms with Gasteiger partial charge < -0.3 is 4.90 Å². The molecule has 1 aliphatic heterocycles. The Morgan fingerprint density at radius 1 is 1.23 bits per heavy atom. The molecule has 1 aromatic rings. The minimum absolute atomic E-state index is 0.220. The number of amides is 1. The standard InChI is InChI=1S/C19H27NOSi/c1-22(2,3)15-9-5-8-12-18-13-14-20(19(18)21)16-17-10-6-4-7-11-17/h4,6-7,10-11,18H,5,8,12-14,16H2,1-3H3. The van der Waals surface area contributed by atoms with Crippen molar-refractivity contribution in [3.63, 3.8) is 0 Å². The molecule has 1 aliphatic rings. The van der Waals surface area contributed by atoms with E-state index < -0.39 is 8.07 Å². The molecule has 0 N–H and O–H groups in total. The summed E-state index contributed by atoms with van der Waals surface area (Å²) in [5, 5.41) is 0. The van der Waals surface area contributed by atoms with Crippen molar-refractivity contribution < 1.29 is 4.79 Å². The van der Waals surface area contributed by atoms with Gasteiger partial charge in [0, 0.05) is 25.4 Å². The van der Waals surface area contributed by atoms with Gasteiger partial charge >= 0.3 is 0 Å². The Balaban J connectivity index is 1.75. The zero-order chi connectivity index (χ0) is 16.0. The maximum atomic E-state index is 12.4. The Morgan fingerprint density at radius 2 is 1.95 bits per heavy atom. The number of hydrogen-bond acceptors (Lipinski definition) is 1. The van der Waals surface area contributed by atoms with Crippen LogP contribution in [0, 0.1) is 17.4 Å². The fourth-order valence-corrected chi connectivity index (χ4v) is 3.45. The molecule has 0 aromatic heterocycles. The lowest BCUT2D eigenvalue weighted by atomic mass is 10.0. The summed E-state index contributed by atoms with van der Waals surface area (Å²) in [5.74, 6) is 3.86. The molecular formula is C19H27NOSi. The van der Waals surface area contributed by atoms with Gasteiger partial charge in [-0.1, -0.05) is 50.0 Å². The molecule has 118 valence electrons. The summed E-state index contributed by atoms with van der Waals surface area (Å²) >= 11 is 0. The van der Waals surface area contributed by atoms with E-state index in [1.54, 1.807) is 0 Å². The number of likely N-dealkylation sites (tertiary alicyclic amines) is 1. The van der Waals surface area contributed by atoms with Gasteiger partial charge in [-0.15, -0.1) is 11.5 Å². The van der Waals surface area contributed by atoms with Crippen molar-refractivity contribution >= 4 is 14.0 Å². The van der Waals surface area contributed by atoms with Crippen LogP contribution in [0.15, 0.2) is 30.3 Å². The Hall–Kier alpha value is -1.53. The molecule has 0 bridgehead atoms. The second kappa shape index (κ2) is 7.65. The Bertz CT molecular complexity index is 550. The van der Waals surface area contributed by atoms with Crippen LogP contribution in [0.1, 0.15) is 31.2 Å². The molecule has 0 spiro atoms. The van der Waals surface area contributed by atoms with Crippen molar-refractivity contribution in [3.8, 4) is 11.5 Å². The van der Waals surface area contributed by atoms with Crippen LogP contribution in [0.5, 0.6) is 0 Å². The number of carbonyl (C=O) groups is 1. The van der Waals surface area contributed by atoms with E-state index in [-0.39, 0.29) is 5.92 Å². The molecule has 3 heteroatoms. The fourth-order valence-electron chi connectivity index (χ4n) is 2.80. The molecular weight excluding hydrogens is 286 g/mol. The molecule has 2 rings (SSSR count). The summed E-state index contributed by atoms with van der Waals surface area (Å²) in [4.78, 5) is 14.4. The highest BCUT2D eigenvalue weighted by atomic mass is 28.3. The summed E-state index contributed by atoms with van der Waals surface area (Å²) in [6.07, 6.45) is 3.98. The molecule has 0 radical (unpaired) electrons. The van der Waals surface area contributed by atoms with Crippen LogP contribution in [0.3, 0.4) is 0 Å². The number of nitrogens with zero attached hydrogens (tertiary/aromatic N) is 1. The molecule has 22 heavy (non-hydrogen) atoms. The SMILES string of the molecule is C[Si](C)(C)C#CCCCC1CCN(Cc2ccccc2)C1=O. The summed E-state index contributed by atoms with van der Waals surface area (Å²) in [6, 6.07) is 10.3. The van der Waals surface area contributed by atoms with E-state index in [0.29, 0.717) is 5.91 Å². The maximum Gasteiger partial charge on any atom is 0.226 e. The van der Waals surface area contributed by atoms with Crippen molar-refractivity contribution in [2.24, 2.45) is 5.92 Å². The van der Waals surface area contributed by atoms with Crippen molar-refractivity contribution in [3.05, 3.63) is 35.9 Å².